The Kier molecular flexibility index (Phi) is 8.11. The van der Waals surface area contributed by atoms with Gasteiger partial charge in [-0.1, -0.05) is 6.07 Å². The number of carbonyl (C=O) groups is 1. The average molecular weight is 531 g/mol. The molecule has 0 spiro atoms. The van der Waals surface area contributed by atoms with E-state index >= 15 is 0 Å². The number of nitrogens with zero attached hydrogens (tertiary/aromatic N) is 5. The first-order valence-corrected chi connectivity index (χ1v) is 13.6. The molecule has 1 saturated heterocycles. The van der Waals surface area contributed by atoms with Crippen molar-refractivity contribution in [3.8, 4) is 11.4 Å². The second-order valence-corrected chi connectivity index (χ2v) is 10.4. The summed E-state index contributed by atoms with van der Waals surface area (Å²) in [5.74, 6) is 1.23. The minimum absolute atomic E-state index is 0.0679. The number of aliphatic hydroxyl groups is 1. The third kappa shape index (κ3) is 6.27. The fraction of sp³-hybridized carbons (Fsp3) is 0.321. The maximum atomic E-state index is 12.7. The molecule has 5 rings (SSSR count). The predicted molar refractivity (Wildman–Crippen MR) is 148 cm³/mol. The van der Waals surface area contributed by atoms with Crippen molar-refractivity contribution in [3.05, 3.63) is 72.3 Å². The van der Waals surface area contributed by atoms with Gasteiger partial charge in [-0.2, -0.15) is 0 Å². The maximum absolute atomic E-state index is 12.7. The lowest BCUT2D eigenvalue weighted by molar-refractivity contribution is -0.00545. The van der Waals surface area contributed by atoms with Crippen LogP contribution in [-0.2, 0) is 11.3 Å². The van der Waals surface area contributed by atoms with Gasteiger partial charge in [0.15, 0.2) is 0 Å². The summed E-state index contributed by atoms with van der Waals surface area (Å²) >= 11 is 1.45. The van der Waals surface area contributed by atoms with E-state index in [4.69, 9.17) is 19.8 Å². The van der Waals surface area contributed by atoms with E-state index < -0.39 is 0 Å². The average Bonchev–Trinajstić information content (AvgIpc) is 2.94. The van der Waals surface area contributed by atoms with Gasteiger partial charge in [0.2, 0.25) is 0 Å². The first-order valence-electron chi connectivity index (χ1n) is 12.6. The number of hydrogen-bond donors (Lipinski definition) is 2. The van der Waals surface area contributed by atoms with Crippen LogP contribution < -0.4 is 10.2 Å². The molecule has 196 valence electrons. The van der Waals surface area contributed by atoms with Crippen LogP contribution in [0.3, 0.4) is 0 Å². The number of aromatic nitrogens is 4. The minimum atomic E-state index is -0.236. The molecule has 5 heterocycles. The number of hydrogen-bond acceptors (Lipinski definition) is 9. The van der Waals surface area contributed by atoms with Gasteiger partial charge in [-0.3, -0.25) is 14.8 Å². The van der Waals surface area contributed by atoms with Crippen LogP contribution in [0.4, 0.5) is 5.82 Å². The number of ether oxygens (including phenoxy) is 1. The molecule has 1 amide bonds. The number of nitrogens with one attached hydrogen (secondary N) is 1. The molecule has 2 unspecified atom stereocenters. The molecular formula is C28H30N6O3S. The zero-order valence-electron chi connectivity index (χ0n) is 21.4. The summed E-state index contributed by atoms with van der Waals surface area (Å²) in [7, 11) is 0. The first kappa shape index (κ1) is 26.0. The summed E-state index contributed by atoms with van der Waals surface area (Å²) in [6.45, 7) is 6.09. The number of carbonyl (C=O) groups excluding carboxylic acids is 1. The summed E-state index contributed by atoms with van der Waals surface area (Å²) in [6, 6.07) is 13.6. The Morgan fingerprint density at radius 2 is 1.89 bits per heavy atom. The third-order valence-corrected chi connectivity index (χ3v) is 7.08. The van der Waals surface area contributed by atoms with E-state index in [2.05, 4.69) is 34.0 Å². The molecule has 0 aromatic carbocycles. The van der Waals surface area contributed by atoms with Crippen molar-refractivity contribution < 1.29 is 14.6 Å². The third-order valence-electron chi connectivity index (χ3n) is 6.14. The number of amides is 1. The molecule has 2 atom stereocenters. The zero-order chi connectivity index (χ0) is 26.5. The normalized spacial score (nSPS) is 17.5. The Labute approximate surface area is 225 Å². The van der Waals surface area contributed by atoms with Crippen LogP contribution in [0.25, 0.3) is 22.3 Å². The molecule has 0 aliphatic carbocycles. The smallest absolute Gasteiger partial charge is 0.253 e. The van der Waals surface area contributed by atoms with E-state index in [0.717, 1.165) is 46.1 Å². The van der Waals surface area contributed by atoms with Gasteiger partial charge >= 0.3 is 0 Å². The number of anilines is 1. The van der Waals surface area contributed by atoms with Crippen LogP contribution in [0, 0.1) is 0 Å². The SMILES string of the molecule is CC1CN(c2cccc(-c3ccc4cnc(CNC(=O)c5cncc(SCCO)c5)cc4n3)n2)CC(C)O1. The van der Waals surface area contributed by atoms with Crippen LogP contribution in [-0.4, -0.2) is 68.6 Å². The summed E-state index contributed by atoms with van der Waals surface area (Å²) in [4.78, 5) is 34.1. The van der Waals surface area contributed by atoms with Gasteiger partial charge in [-0.25, -0.2) is 9.97 Å². The molecule has 2 N–H and O–H groups in total. The number of thioether (sulfide) groups is 1. The molecule has 1 fully saturated rings. The van der Waals surface area contributed by atoms with Crippen LogP contribution in [0.5, 0.6) is 0 Å². The van der Waals surface area contributed by atoms with Gasteiger partial charge in [0, 0.05) is 47.7 Å². The lowest BCUT2D eigenvalue weighted by Gasteiger charge is -2.36. The van der Waals surface area contributed by atoms with Crippen molar-refractivity contribution in [2.24, 2.45) is 0 Å². The molecule has 1 aliphatic heterocycles. The molecule has 4 aromatic heterocycles. The van der Waals surface area contributed by atoms with Gasteiger partial charge < -0.3 is 20.1 Å². The van der Waals surface area contributed by atoms with E-state index in [1.807, 2.05) is 36.4 Å². The van der Waals surface area contributed by atoms with E-state index in [9.17, 15) is 4.79 Å². The predicted octanol–water partition coefficient (Wildman–Crippen LogP) is 3.71. The maximum Gasteiger partial charge on any atom is 0.253 e. The summed E-state index contributed by atoms with van der Waals surface area (Å²) in [5.41, 5.74) is 3.52. The summed E-state index contributed by atoms with van der Waals surface area (Å²) < 4.78 is 5.86. The van der Waals surface area contributed by atoms with E-state index in [1.54, 1.807) is 18.5 Å². The van der Waals surface area contributed by atoms with Crippen LogP contribution in [0.15, 0.2) is 66.0 Å². The van der Waals surface area contributed by atoms with Crippen molar-refractivity contribution in [1.82, 2.24) is 25.3 Å². The van der Waals surface area contributed by atoms with E-state index in [-0.39, 0.29) is 31.3 Å². The van der Waals surface area contributed by atoms with Crippen molar-refractivity contribution >= 4 is 34.4 Å². The van der Waals surface area contributed by atoms with Gasteiger partial charge in [0.05, 0.1) is 53.5 Å². The first-order chi connectivity index (χ1) is 18.5. The Morgan fingerprint density at radius 3 is 2.71 bits per heavy atom. The Hall–Kier alpha value is -3.60. The van der Waals surface area contributed by atoms with Gasteiger partial charge in [-0.05, 0) is 50.2 Å². The summed E-state index contributed by atoms with van der Waals surface area (Å²) in [6.07, 6.45) is 5.28. The molecule has 4 aromatic rings. The van der Waals surface area contributed by atoms with Crippen molar-refractivity contribution in [2.45, 2.75) is 37.5 Å². The number of aliphatic hydroxyl groups excluding tert-OH is 1. The van der Waals surface area contributed by atoms with Crippen LogP contribution >= 0.6 is 11.8 Å². The molecule has 1 aliphatic rings. The van der Waals surface area contributed by atoms with Crippen molar-refractivity contribution in [1.29, 1.82) is 0 Å². The molecule has 0 radical (unpaired) electrons. The highest BCUT2D eigenvalue weighted by Gasteiger charge is 2.23. The van der Waals surface area contributed by atoms with Crippen molar-refractivity contribution in [3.63, 3.8) is 0 Å². The van der Waals surface area contributed by atoms with Gasteiger partial charge in [0.1, 0.15) is 5.82 Å². The number of pyridine rings is 4. The molecule has 0 saturated carbocycles. The fourth-order valence-corrected chi connectivity index (χ4v) is 5.14. The second-order valence-electron chi connectivity index (χ2n) is 9.27. The molecule has 0 bridgehead atoms. The standard InChI is InChI=1S/C28H30N6O3S/c1-18-16-34(17-19(2)37-18)27-5-3-4-24(33-27)25-7-6-20-13-30-22(11-26(20)32-25)14-31-28(36)21-10-23(15-29-12-21)38-9-8-35/h3-7,10-13,15,18-19,35H,8-9,14,16-17H2,1-2H3,(H,31,36). The van der Waals surface area contributed by atoms with E-state index in [0.29, 0.717) is 17.0 Å². The minimum Gasteiger partial charge on any atom is -0.396 e. The lowest BCUT2D eigenvalue weighted by atomic mass is 10.1. The van der Waals surface area contributed by atoms with Crippen LogP contribution in [0.2, 0.25) is 0 Å². The zero-order valence-corrected chi connectivity index (χ0v) is 22.2. The Morgan fingerprint density at radius 1 is 1.08 bits per heavy atom. The van der Waals surface area contributed by atoms with Gasteiger partial charge in [-0.15, -0.1) is 11.8 Å². The highest BCUT2D eigenvalue weighted by Crippen LogP contribution is 2.24. The highest BCUT2D eigenvalue weighted by molar-refractivity contribution is 7.99. The lowest BCUT2D eigenvalue weighted by Crippen LogP contribution is -2.45. The number of morpholine rings is 1. The number of rotatable bonds is 8. The summed E-state index contributed by atoms with van der Waals surface area (Å²) in [5, 5.41) is 12.8. The monoisotopic (exact) mass is 530 g/mol. The number of fused-ring (bicyclic) bond motifs is 1. The molecule has 38 heavy (non-hydrogen) atoms. The Bertz CT molecular complexity index is 1420. The fourth-order valence-electron chi connectivity index (χ4n) is 4.46. The largest absolute Gasteiger partial charge is 0.396 e. The van der Waals surface area contributed by atoms with Crippen LogP contribution in [0.1, 0.15) is 29.9 Å². The topological polar surface area (TPSA) is 113 Å². The second kappa shape index (κ2) is 11.8. The highest BCUT2D eigenvalue weighted by atomic mass is 32.2. The molecule has 9 nitrogen and oxygen atoms in total. The molecule has 10 heteroatoms. The van der Waals surface area contributed by atoms with Crippen molar-refractivity contribution in [2.75, 3.05) is 30.3 Å². The Balaban J connectivity index is 1.31. The quantitative estimate of drug-likeness (QED) is 0.329. The van der Waals surface area contributed by atoms with Gasteiger partial charge in [0.25, 0.3) is 5.91 Å². The van der Waals surface area contributed by atoms with E-state index in [1.165, 1.54) is 18.0 Å². The molecular weight excluding hydrogens is 500 g/mol.